The first kappa shape index (κ1) is 15.3. The Labute approximate surface area is 139 Å². The fourth-order valence-corrected chi connectivity index (χ4v) is 2.73. The lowest BCUT2D eigenvalue weighted by Gasteiger charge is -2.12. The Kier molecular flexibility index (Phi) is 4.73. The molecule has 5 nitrogen and oxygen atoms in total. The topological polar surface area (TPSA) is 62.7 Å². The second-order valence-corrected chi connectivity index (χ2v) is 5.62. The van der Waals surface area contributed by atoms with Crippen LogP contribution in [-0.4, -0.2) is 28.3 Å². The van der Waals surface area contributed by atoms with Gasteiger partial charge >= 0.3 is 0 Å². The molecule has 0 aliphatic heterocycles. The van der Waals surface area contributed by atoms with Crippen LogP contribution in [0.15, 0.2) is 59.8 Å². The lowest BCUT2D eigenvalue weighted by atomic mass is 10.2. The fourth-order valence-electron chi connectivity index (χ4n) is 2.18. The number of pyridine rings is 1. The van der Waals surface area contributed by atoms with Gasteiger partial charge in [-0.15, -0.1) is 11.8 Å². The maximum atomic E-state index is 4.51. The molecule has 0 bridgehead atoms. The van der Waals surface area contributed by atoms with Crippen molar-refractivity contribution in [1.29, 1.82) is 0 Å². The van der Waals surface area contributed by atoms with E-state index in [1.54, 1.807) is 24.2 Å². The zero-order valence-corrected chi connectivity index (χ0v) is 13.8. The van der Waals surface area contributed by atoms with E-state index in [0.717, 1.165) is 22.8 Å². The van der Waals surface area contributed by atoms with Crippen molar-refractivity contribution < 1.29 is 0 Å². The number of para-hydroxylation sites is 1. The summed E-state index contributed by atoms with van der Waals surface area (Å²) in [4.78, 5) is 14.2. The van der Waals surface area contributed by atoms with Crippen LogP contribution >= 0.6 is 11.8 Å². The average molecular weight is 323 g/mol. The molecular weight excluding hydrogens is 306 g/mol. The second-order valence-electron chi connectivity index (χ2n) is 4.77. The van der Waals surface area contributed by atoms with Gasteiger partial charge in [-0.3, -0.25) is 4.98 Å². The van der Waals surface area contributed by atoms with Gasteiger partial charge in [-0.2, -0.15) is 4.98 Å². The number of thioether (sulfide) groups is 1. The number of hydrogen-bond donors (Lipinski definition) is 2. The first-order valence-electron chi connectivity index (χ1n) is 7.17. The van der Waals surface area contributed by atoms with E-state index < -0.39 is 0 Å². The van der Waals surface area contributed by atoms with Crippen LogP contribution in [0.5, 0.6) is 0 Å². The van der Waals surface area contributed by atoms with Gasteiger partial charge in [-0.05, 0) is 30.5 Å². The van der Waals surface area contributed by atoms with Crippen molar-refractivity contribution in [2.75, 3.05) is 23.9 Å². The van der Waals surface area contributed by atoms with Gasteiger partial charge in [0.15, 0.2) is 0 Å². The van der Waals surface area contributed by atoms with Crippen molar-refractivity contribution in [1.82, 2.24) is 15.0 Å². The highest BCUT2D eigenvalue weighted by Gasteiger charge is 2.08. The zero-order chi connectivity index (χ0) is 16.1. The molecular formula is C17H17N5S. The zero-order valence-electron chi connectivity index (χ0n) is 12.9. The molecule has 0 unspecified atom stereocenters. The Morgan fingerprint density at radius 3 is 2.52 bits per heavy atom. The van der Waals surface area contributed by atoms with E-state index in [-0.39, 0.29) is 0 Å². The first-order chi connectivity index (χ1) is 11.3. The van der Waals surface area contributed by atoms with Gasteiger partial charge in [0.2, 0.25) is 5.95 Å². The molecule has 116 valence electrons. The van der Waals surface area contributed by atoms with Crippen LogP contribution in [0.3, 0.4) is 0 Å². The van der Waals surface area contributed by atoms with Crippen molar-refractivity contribution in [3.63, 3.8) is 0 Å². The molecule has 0 saturated heterocycles. The van der Waals surface area contributed by atoms with Crippen molar-refractivity contribution in [3.8, 4) is 11.3 Å². The molecule has 0 aliphatic rings. The maximum Gasteiger partial charge on any atom is 0.224 e. The summed E-state index contributed by atoms with van der Waals surface area (Å²) in [6.45, 7) is 0. The summed E-state index contributed by atoms with van der Waals surface area (Å²) in [7, 11) is 1.81. The van der Waals surface area contributed by atoms with Gasteiger partial charge in [0, 0.05) is 36.0 Å². The molecule has 0 saturated carbocycles. The molecule has 0 fully saturated rings. The largest absolute Gasteiger partial charge is 0.357 e. The smallest absolute Gasteiger partial charge is 0.224 e. The molecule has 3 rings (SSSR count). The standard InChI is InChI=1S/C17H17N5S/c1-18-17-21-14(12-7-9-19-10-8-12)11-16(22-17)20-13-5-3-4-6-15(13)23-2/h3-11H,1-2H3,(H2,18,20,21,22). The number of nitrogens with zero attached hydrogens (tertiary/aromatic N) is 3. The van der Waals surface area contributed by atoms with Gasteiger partial charge in [0.25, 0.3) is 0 Å². The molecule has 0 spiro atoms. The van der Waals surface area contributed by atoms with Gasteiger partial charge in [0.05, 0.1) is 11.4 Å². The monoisotopic (exact) mass is 323 g/mol. The molecule has 0 radical (unpaired) electrons. The molecule has 1 aromatic carbocycles. The van der Waals surface area contributed by atoms with Crippen LogP contribution in [-0.2, 0) is 0 Å². The summed E-state index contributed by atoms with van der Waals surface area (Å²) in [6, 6.07) is 14.0. The van der Waals surface area contributed by atoms with E-state index in [0.29, 0.717) is 5.95 Å². The summed E-state index contributed by atoms with van der Waals surface area (Å²) in [5.41, 5.74) is 2.87. The SMILES string of the molecule is CNc1nc(Nc2ccccc2SC)cc(-c2ccncc2)n1. The third kappa shape index (κ3) is 3.60. The predicted octanol–water partition coefficient (Wildman–Crippen LogP) is 4.05. The molecule has 0 atom stereocenters. The molecule has 6 heteroatoms. The lowest BCUT2D eigenvalue weighted by Crippen LogP contribution is -2.02. The summed E-state index contributed by atoms with van der Waals surface area (Å²) in [6.07, 6.45) is 5.57. The molecule has 2 N–H and O–H groups in total. The Balaban J connectivity index is 1.99. The third-order valence-electron chi connectivity index (χ3n) is 3.30. The fraction of sp³-hybridized carbons (Fsp3) is 0.118. The highest BCUT2D eigenvalue weighted by atomic mass is 32.2. The maximum absolute atomic E-state index is 4.51. The number of aromatic nitrogens is 3. The number of benzene rings is 1. The predicted molar refractivity (Wildman–Crippen MR) is 96.3 cm³/mol. The second kappa shape index (κ2) is 7.11. The minimum Gasteiger partial charge on any atom is -0.357 e. The van der Waals surface area contributed by atoms with Crippen LogP contribution in [0.25, 0.3) is 11.3 Å². The lowest BCUT2D eigenvalue weighted by molar-refractivity contribution is 1.15. The quantitative estimate of drug-likeness (QED) is 0.691. The van der Waals surface area contributed by atoms with E-state index in [4.69, 9.17) is 0 Å². The molecule has 0 amide bonds. The van der Waals surface area contributed by atoms with Crippen LogP contribution in [0.1, 0.15) is 0 Å². The van der Waals surface area contributed by atoms with Gasteiger partial charge < -0.3 is 10.6 Å². The normalized spacial score (nSPS) is 10.3. The summed E-state index contributed by atoms with van der Waals surface area (Å²) >= 11 is 1.70. The van der Waals surface area contributed by atoms with E-state index in [2.05, 4.69) is 37.9 Å². The average Bonchev–Trinajstić information content (AvgIpc) is 2.62. The summed E-state index contributed by atoms with van der Waals surface area (Å²) in [5.74, 6) is 1.32. The molecule has 2 aromatic heterocycles. The number of rotatable bonds is 5. The minimum atomic E-state index is 0.573. The van der Waals surface area contributed by atoms with Crippen molar-refractivity contribution >= 4 is 29.2 Å². The summed E-state index contributed by atoms with van der Waals surface area (Å²) < 4.78 is 0. The third-order valence-corrected chi connectivity index (χ3v) is 4.09. The van der Waals surface area contributed by atoms with Crippen LogP contribution in [0, 0.1) is 0 Å². The Hall–Kier alpha value is -2.60. The number of nitrogens with one attached hydrogen (secondary N) is 2. The van der Waals surface area contributed by atoms with Crippen molar-refractivity contribution in [2.45, 2.75) is 4.90 Å². The van der Waals surface area contributed by atoms with Gasteiger partial charge in [-0.25, -0.2) is 4.98 Å². The number of anilines is 3. The van der Waals surface area contributed by atoms with E-state index in [9.17, 15) is 0 Å². The molecule has 2 heterocycles. The molecule has 0 aliphatic carbocycles. The number of hydrogen-bond acceptors (Lipinski definition) is 6. The first-order valence-corrected chi connectivity index (χ1v) is 8.40. The van der Waals surface area contributed by atoms with Crippen LogP contribution in [0.4, 0.5) is 17.5 Å². The molecule has 23 heavy (non-hydrogen) atoms. The van der Waals surface area contributed by atoms with E-state index in [1.807, 2.05) is 43.4 Å². The highest BCUT2D eigenvalue weighted by molar-refractivity contribution is 7.98. The van der Waals surface area contributed by atoms with Gasteiger partial charge in [-0.1, -0.05) is 12.1 Å². The summed E-state index contributed by atoms with van der Waals surface area (Å²) in [5, 5.41) is 6.39. The van der Waals surface area contributed by atoms with Crippen LogP contribution < -0.4 is 10.6 Å². The highest BCUT2D eigenvalue weighted by Crippen LogP contribution is 2.29. The Morgan fingerprint density at radius 1 is 1.00 bits per heavy atom. The minimum absolute atomic E-state index is 0.573. The van der Waals surface area contributed by atoms with E-state index >= 15 is 0 Å². The van der Waals surface area contributed by atoms with Gasteiger partial charge in [0.1, 0.15) is 5.82 Å². The molecule has 3 aromatic rings. The Bertz CT molecular complexity index is 792. The van der Waals surface area contributed by atoms with Crippen LogP contribution in [0.2, 0.25) is 0 Å². The van der Waals surface area contributed by atoms with Crippen molar-refractivity contribution in [3.05, 3.63) is 54.9 Å². The van der Waals surface area contributed by atoms with E-state index in [1.165, 1.54) is 4.90 Å². The van der Waals surface area contributed by atoms with Crippen molar-refractivity contribution in [2.24, 2.45) is 0 Å². The Morgan fingerprint density at radius 2 is 1.78 bits per heavy atom.